The van der Waals surface area contributed by atoms with Crippen LogP contribution in [0, 0.1) is 6.92 Å². The van der Waals surface area contributed by atoms with Crippen molar-refractivity contribution in [2.75, 3.05) is 13.7 Å². The molecule has 3 heteroatoms. The van der Waals surface area contributed by atoms with Gasteiger partial charge >= 0.3 is 0 Å². The number of rotatable bonds is 2. The summed E-state index contributed by atoms with van der Waals surface area (Å²) in [6.45, 7) is 3.85. The second-order valence-electron chi connectivity index (χ2n) is 3.90. The zero-order valence-corrected chi connectivity index (χ0v) is 9.66. The molecule has 0 aromatic heterocycles. The highest BCUT2D eigenvalue weighted by Gasteiger charge is 2.18. The number of aryl methyl sites for hydroxylation is 1. The van der Waals surface area contributed by atoms with E-state index in [-0.39, 0.29) is 5.78 Å². The molecule has 1 aliphatic heterocycles. The summed E-state index contributed by atoms with van der Waals surface area (Å²) >= 11 is 0. The van der Waals surface area contributed by atoms with Crippen molar-refractivity contribution in [1.29, 1.82) is 0 Å². The highest BCUT2D eigenvalue weighted by molar-refractivity contribution is 5.99. The molecular weight excluding hydrogens is 204 g/mol. The van der Waals surface area contributed by atoms with Gasteiger partial charge in [-0.05, 0) is 37.6 Å². The fourth-order valence-electron chi connectivity index (χ4n) is 1.76. The Morgan fingerprint density at radius 1 is 1.44 bits per heavy atom. The lowest BCUT2D eigenvalue weighted by atomic mass is 10.0. The number of ketones is 1. The van der Waals surface area contributed by atoms with Gasteiger partial charge in [-0.3, -0.25) is 4.79 Å². The molecule has 0 unspecified atom stereocenters. The van der Waals surface area contributed by atoms with Crippen LogP contribution < -0.4 is 9.47 Å². The van der Waals surface area contributed by atoms with E-state index in [0.717, 1.165) is 16.9 Å². The van der Waals surface area contributed by atoms with Gasteiger partial charge in [-0.15, -0.1) is 0 Å². The lowest BCUT2D eigenvalue weighted by Crippen LogP contribution is -2.13. The number of hydrogen-bond acceptors (Lipinski definition) is 3. The minimum Gasteiger partial charge on any atom is -0.493 e. The van der Waals surface area contributed by atoms with Crippen LogP contribution in [0.2, 0.25) is 0 Å². The first-order valence-electron chi connectivity index (χ1n) is 5.14. The largest absolute Gasteiger partial charge is 0.493 e. The SMILES string of the molecule is COc1cc(C)cc2c1OCC(C(C)=O)=C2. The third-order valence-electron chi connectivity index (χ3n) is 2.60. The number of hydrogen-bond donors (Lipinski definition) is 0. The molecule has 0 N–H and O–H groups in total. The molecule has 0 saturated carbocycles. The minimum atomic E-state index is 0.0473. The molecule has 0 bridgehead atoms. The Kier molecular flexibility index (Phi) is 2.69. The van der Waals surface area contributed by atoms with Gasteiger partial charge in [0.2, 0.25) is 0 Å². The molecule has 0 spiro atoms. The molecule has 1 aliphatic rings. The van der Waals surface area contributed by atoms with Crippen molar-refractivity contribution in [2.45, 2.75) is 13.8 Å². The quantitative estimate of drug-likeness (QED) is 0.764. The van der Waals surface area contributed by atoms with E-state index >= 15 is 0 Å². The van der Waals surface area contributed by atoms with Crippen LogP contribution in [-0.2, 0) is 4.79 Å². The van der Waals surface area contributed by atoms with Crippen LogP contribution in [0.15, 0.2) is 17.7 Å². The first kappa shape index (κ1) is 10.7. The van der Waals surface area contributed by atoms with Crippen LogP contribution in [0.4, 0.5) is 0 Å². The lowest BCUT2D eigenvalue weighted by Gasteiger charge is -2.19. The molecule has 0 saturated heterocycles. The third kappa shape index (κ3) is 1.81. The molecule has 84 valence electrons. The lowest BCUT2D eigenvalue weighted by molar-refractivity contribution is -0.113. The van der Waals surface area contributed by atoms with Crippen LogP contribution in [0.25, 0.3) is 6.08 Å². The summed E-state index contributed by atoms with van der Waals surface area (Å²) in [7, 11) is 1.61. The Labute approximate surface area is 94.7 Å². The second kappa shape index (κ2) is 4.00. The van der Waals surface area contributed by atoms with Crippen LogP contribution >= 0.6 is 0 Å². The van der Waals surface area contributed by atoms with E-state index in [1.165, 1.54) is 0 Å². The molecule has 16 heavy (non-hydrogen) atoms. The van der Waals surface area contributed by atoms with Crippen LogP contribution in [0.3, 0.4) is 0 Å². The summed E-state index contributed by atoms with van der Waals surface area (Å²) < 4.78 is 10.8. The molecule has 0 aliphatic carbocycles. The number of benzene rings is 1. The van der Waals surface area contributed by atoms with E-state index in [1.54, 1.807) is 14.0 Å². The molecular formula is C13H14O3. The maximum atomic E-state index is 11.3. The van der Waals surface area contributed by atoms with E-state index in [4.69, 9.17) is 9.47 Å². The van der Waals surface area contributed by atoms with Crippen molar-refractivity contribution >= 4 is 11.9 Å². The first-order valence-corrected chi connectivity index (χ1v) is 5.14. The highest BCUT2D eigenvalue weighted by Crippen LogP contribution is 2.36. The normalized spacial score (nSPS) is 13.6. The Bertz CT molecular complexity index is 472. The molecule has 1 aromatic carbocycles. The summed E-state index contributed by atoms with van der Waals surface area (Å²) in [5.41, 5.74) is 2.69. The summed E-state index contributed by atoms with van der Waals surface area (Å²) in [5.74, 6) is 1.48. The number of ether oxygens (including phenoxy) is 2. The van der Waals surface area contributed by atoms with Gasteiger partial charge in [0.25, 0.3) is 0 Å². The van der Waals surface area contributed by atoms with E-state index in [0.29, 0.717) is 17.9 Å². The van der Waals surface area contributed by atoms with Gasteiger partial charge < -0.3 is 9.47 Å². The van der Waals surface area contributed by atoms with Crippen molar-refractivity contribution in [3.8, 4) is 11.5 Å². The molecule has 0 radical (unpaired) electrons. The van der Waals surface area contributed by atoms with Gasteiger partial charge in [-0.1, -0.05) is 0 Å². The number of Topliss-reactive ketones (excluding diaryl/α,β-unsaturated/α-hetero) is 1. The summed E-state index contributed by atoms with van der Waals surface area (Å²) in [5, 5.41) is 0. The number of carbonyl (C=O) groups excluding carboxylic acids is 1. The molecule has 3 nitrogen and oxygen atoms in total. The summed E-state index contributed by atoms with van der Waals surface area (Å²) in [6.07, 6.45) is 1.87. The van der Waals surface area contributed by atoms with Gasteiger partial charge in [-0.2, -0.15) is 0 Å². The van der Waals surface area contributed by atoms with Crippen LogP contribution in [-0.4, -0.2) is 19.5 Å². The summed E-state index contributed by atoms with van der Waals surface area (Å²) in [6, 6.07) is 3.91. The molecule has 0 atom stereocenters. The second-order valence-corrected chi connectivity index (χ2v) is 3.90. The van der Waals surface area contributed by atoms with E-state index < -0.39 is 0 Å². The van der Waals surface area contributed by atoms with E-state index in [9.17, 15) is 4.79 Å². The smallest absolute Gasteiger partial charge is 0.168 e. The van der Waals surface area contributed by atoms with E-state index in [1.807, 2.05) is 25.1 Å². The molecule has 1 heterocycles. The zero-order valence-electron chi connectivity index (χ0n) is 9.66. The van der Waals surface area contributed by atoms with Gasteiger partial charge in [0.15, 0.2) is 17.3 Å². The van der Waals surface area contributed by atoms with Crippen molar-refractivity contribution in [2.24, 2.45) is 0 Å². The van der Waals surface area contributed by atoms with Crippen LogP contribution in [0.1, 0.15) is 18.1 Å². The summed E-state index contributed by atoms with van der Waals surface area (Å²) in [4.78, 5) is 11.3. The Morgan fingerprint density at radius 2 is 2.19 bits per heavy atom. The Balaban J connectivity index is 2.54. The predicted octanol–water partition coefficient (Wildman–Crippen LogP) is 2.37. The minimum absolute atomic E-state index is 0.0473. The van der Waals surface area contributed by atoms with Crippen molar-refractivity contribution in [1.82, 2.24) is 0 Å². The average molecular weight is 218 g/mol. The van der Waals surface area contributed by atoms with Gasteiger partial charge in [0.05, 0.1) is 7.11 Å². The molecule has 0 amide bonds. The maximum Gasteiger partial charge on any atom is 0.168 e. The fourth-order valence-corrected chi connectivity index (χ4v) is 1.76. The number of methoxy groups -OCH3 is 1. The van der Waals surface area contributed by atoms with Gasteiger partial charge in [0, 0.05) is 11.1 Å². The first-order chi connectivity index (χ1) is 7.61. The highest BCUT2D eigenvalue weighted by atomic mass is 16.5. The fraction of sp³-hybridized carbons (Fsp3) is 0.308. The topological polar surface area (TPSA) is 35.5 Å². The van der Waals surface area contributed by atoms with Crippen molar-refractivity contribution < 1.29 is 14.3 Å². The average Bonchev–Trinajstić information content (AvgIpc) is 2.26. The van der Waals surface area contributed by atoms with Gasteiger partial charge in [-0.25, -0.2) is 0 Å². The third-order valence-corrected chi connectivity index (χ3v) is 2.60. The van der Waals surface area contributed by atoms with Gasteiger partial charge in [0.1, 0.15) is 6.61 Å². The van der Waals surface area contributed by atoms with Crippen LogP contribution in [0.5, 0.6) is 11.5 Å². The molecule has 2 rings (SSSR count). The monoisotopic (exact) mass is 218 g/mol. The predicted molar refractivity (Wildman–Crippen MR) is 61.9 cm³/mol. The standard InChI is InChI=1S/C13H14O3/c1-8-4-10-6-11(9(2)14)7-16-13(10)12(5-8)15-3/h4-6H,7H2,1-3H3. The van der Waals surface area contributed by atoms with Crippen molar-refractivity contribution in [3.05, 3.63) is 28.8 Å². The molecule has 1 aromatic rings. The maximum absolute atomic E-state index is 11.3. The van der Waals surface area contributed by atoms with E-state index in [2.05, 4.69) is 0 Å². The molecule has 0 fully saturated rings. The Hall–Kier alpha value is -1.77. The number of carbonyl (C=O) groups is 1. The number of fused-ring (bicyclic) bond motifs is 1. The van der Waals surface area contributed by atoms with Crippen molar-refractivity contribution in [3.63, 3.8) is 0 Å². The Morgan fingerprint density at radius 3 is 2.81 bits per heavy atom. The zero-order chi connectivity index (χ0) is 11.7.